The maximum absolute atomic E-state index is 10.0. The highest BCUT2D eigenvalue weighted by molar-refractivity contribution is 5.94. The summed E-state index contributed by atoms with van der Waals surface area (Å²) in [5.41, 5.74) is 1.64. The second-order valence-electron chi connectivity index (χ2n) is 3.36. The van der Waals surface area contributed by atoms with Crippen molar-refractivity contribution in [1.29, 1.82) is 0 Å². The molecule has 0 aliphatic heterocycles. The number of aromatic hydroxyl groups is 1. The van der Waals surface area contributed by atoms with E-state index in [0.29, 0.717) is 0 Å². The van der Waals surface area contributed by atoms with Crippen LogP contribution in [-0.4, -0.2) is 5.11 Å². The molecule has 1 heteroatoms. The van der Waals surface area contributed by atoms with Gasteiger partial charge in [-0.15, -0.1) is 0 Å². The highest BCUT2D eigenvalue weighted by atomic mass is 16.3. The van der Waals surface area contributed by atoms with Crippen LogP contribution in [0.4, 0.5) is 0 Å². The first kappa shape index (κ1) is 9.53. The van der Waals surface area contributed by atoms with Gasteiger partial charge < -0.3 is 5.11 Å². The summed E-state index contributed by atoms with van der Waals surface area (Å²) in [5.74, 6) is 0.276. The minimum Gasteiger partial charge on any atom is -0.507 e. The number of hydrogen-bond donors (Lipinski definition) is 1. The van der Waals surface area contributed by atoms with E-state index in [-0.39, 0.29) is 5.75 Å². The van der Waals surface area contributed by atoms with Gasteiger partial charge in [0.25, 0.3) is 0 Å². The minimum atomic E-state index is 0.276. The Kier molecular flexibility index (Phi) is 2.30. The lowest BCUT2D eigenvalue weighted by atomic mass is 9.99. The lowest BCUT2D eigenvalue weighted by Gasteiger charge is -2.08. The van der Waals surface area contributed by atoms with Crippen molar-refractivity contribution >= 4 is 22.9 Å². The predicted octanol–water partition coefficient (Wildman–Crippen LogP) is 3.83. The summed E-state index contributed by atoms with van der Waals surface area (Å²) in [7, 11) is 0. The van der Waals surface area contributed by atoms with Crippen molar-refractivity contribution < 1.29 is 5.11 Å². The Morgan fingerprint density at radius 2 is 1.80 bits per heavy atom. The standard InChI is InChI=1S/C14H12O/c1-3-10-9-11-7-5-6-8-13(11)14(15)12(10)4-2/h3-9,15H,1-2H2. The Bertz CT molecular complexity index is 538. The molecule has 0 aromatic heterocycles. The summed E-state index contributed by atoms with van der Waals surface area (Å²) in [4.78, 5) is 0. The van der Waals surface area contributed by atoms with Crippen molar-refractivity contribution in [2.24, 2.45) is 0 Å². The fraction of sp³-hybridized carbons (Fsp3) is 0. The first-order chi connectivity index (χ1) is 7.27. The topological polar surface area (TPSA) is 20.2 Å². The monoisotopic (exact) mass is 196 g/mol. The second-order valence-corrected chi connectivity index (χ2v) is 3.36. The van der Waals surface area contributed by atoms with E-state index in [1.165, 1.54) is 0 Å². The van der Waals surface area contributed by atoms with Gasteiger partial charge in [-0.2, -0.15) is 0 Å². The molecule has 15 heavy (non-hydrogen) atoms. The summed E-state index contributed by atoms with van der Waals surface area (Å²) in [6.07, 6.45) is 3.38. The van der Waals surface area contributed by atoms with Crippen molar-refractivity contribution in [3.8, 4) is 5.75 Å². The van der Waals surface area contributed by atoms with Crippen LogP contribution in [0.15, 0.2) is 43.5 Å². The normalized spacial score (nSPS) is 10.1. The van der Waals surface area contributed by atoms with Crippen LogP contribution >= 0.6 is 0 Å². The number of hydrogen-bond acceptors (Lipinski definition) is 1. The molecule has 0 saturated heterocycles. The Balaban J connectivity index is 2.93. The van der Waals surface area contributed by atoms with E-state index in [1.54, 1.807) is 12.2 Å². The molecule has 0 radical (unpaired) electrons. The summed E-state index contributed by atoms with van der Waals surface area (Å²) < 4.78 is 0. The van der Waals surface area contributed by atoms with Crippen molar-refractivity contribution in [1.82, 2.24) is 0 Å². The quantitative estimate of drug-likeness (QED) is 0.773. The third kappa shape index (κ3) is 1.42. The van der Waals surface area contributed by atoms with Gasteiger partial charge in [0.15, 0.2) is 0 Å². The molecule has 0 bridgehead atoms. The SMILES string of the molecule is C=Cc1cc2ccccc2c(O)c1C=C. The van der Waals surface area contributed by atoms with Crippen LogP contribution in [0, 0.1) is 0 Å². The van der Waals surface area contributed by atoms with E-state index in [1.807, 2.05) is 30.3 Å². The zero-order valence-corrected chi connectivity index (χ0v) is 8.40. The first-order valence-corrected chi connectivity index (χ1v) is 4.77. The smallest absolute Gasteiger partial charge is 0.131 e. The lowest BCUT2D eigenvalue weighted by Crippen LogP contribution is -1.84. The van der Waals surface area contributed by atoms with Gasteiger partial charge in [-0.25, -0.2) is 0 Å². The third-order valence-corrected chi connectivity index (χ3v) is 2.52. The third-order valence-electron chi connectivity index (χ3n) is 2.52. The van der Waals surface area contributed by atoms with Crippen LogP contribution in [0.25, 0.3) is 22.9 Å². The van der Waals surface area contributed by atoms with Crippen molar-refractivity contribution in [3.63, 3.8) is 0 Å². The Hall–Kier alpha value is -2.02. The molecule has 0 spiro atoms. The van der Waals surface area contributed by atoms with Crippen LogP contribution in [0.5, 0.6) is 5.75 Å². The molecule has 1 N–H and O–H groups in total. The van der Waals surface area contributed by atoms with Crippen LogP contribution < -0.4 is 0 Å². The summed E-state index contributed by atoms with van der Waals surface area (Å²) >= 11 is 0. The predicted molar refractivity (Wildman–Crippen MR) is 65.8 cm³/mol. The second kappa shape index (κ2) is 3.62. The van der Waals surface area contributed by atoms with E-state index in [4.69, 9.17) is 0 Å². The van der Waals surface area contributed by atoms with E-state index < -0.39 is 0 Å². The Morgan fingerprint density at radius 1 is 1.07 bits per heavy atom. The van der Waals surface area contributed by atoms with Crippen LogP contribution in [-0.2, 0) is 0 Å². The average Bonchev–Trinajstić information content (AvgIpc) is 2.29. The molecular formula is C14H12O. The molecule has 0 heterocycles. The first-order valence-electron chi connectivity index (χ1n) is 4.77. The zero-order valence-electron chi connectivity index (χ0n) is 8.40. The van der Waals surface area contributed by atoms with E-state index >= 15 is 0 Å². The van der Waals surface area contributed by atoms with Gasteiger partial charge in [0.05, 0.1) is 0 Å². The highest BCUT2D eigenvalue weighted by Crippen LogP contribution is 2.32. The summed E-state index contributed by atoms with van der Waals surface area (Å²) in [5, 5.41) is 11.9. The molecule has 2 rings (SSSR count). The molecule has 0 aliphatic carbocycles. The molecule has 0 atom stereocenters. The number of benzene rings is 2. The summed E-state index contributed by atoms with van der Waals surface area (Å²) in [6, 6.07) is 9.71. The molecule has 1 nitrogen and oxygen atoms in total. The van der Waals surface area contributed by atoms with Crippen LogP contribution in [0.3, 0.4) is 0 Å². The molecule has 2 aromatic carbocycles. The van der Waals surface area contributed by atoms with E-state index in [0.717, 1.165) is 21.9 Å². The minimum absolute atomic E-state index is 0.276. The van der Waals surface area contributed by atoms with Gasteiger partial charge in [0.1, 0.15) is 5.75 Å². The van der Waals surface area contributed by atoms with Gasteiger partial charge in [-0.1, -0.05) is 49.6 Å². The van der Waals surface area contributed by atoms with Gasteiger partial charge >= 0.3 is 0 Å². The number of phenolic OH excluding ortho intramolecular Hbond substituents is 1. The maximum atomic E-state index is 10.0. The van der Waals surface area contributed by atoms with Crippen molar-refractivity contribution in [2.45, 2.75) is 0 Å². The Labute approximate surface area is 89.0 Å². The average molecular weight is 196 g/mol. The molecule has 0 fully saturated rings. The molecule has 0 saturated carbocycles. The molecule has 2 aromatic rings. The molecule has 0 aliphatic rings. The fourth-order valence-electron chi connectivity index (χ4n) is 1.75. The number of rotatable bonds is 2. The maximum Gasteiger partial charge on any atom is 0.131 e. The zero-order chi connectivity index (χ0) is 10.8. The van der Waals surface area contributed by atoms with Crippen LogP contribution in [0.1, 0.15) is 11.1 Å². The molecule has 0 unspecified atom stereocenters. The number of phenols is 1. The largest absolute Gasteiger partial charge is 0.507 e. The fourth-order valence-corrected chi connectivity index (χ4v) is 1.75. The number of fused-ring (bicyclic) bond motifs is 1. The van der Waals surface area contributed by atoms with Gasteiger partial charge in [-0.05, 0) is 17.0 Å². The molecule has 0 amide bonds. The molecular weight excluding hydrogens is 184 g/mol. The van der Waals surface area contributed by atoms with E-state index in [9.17, 15) is 5.11 Å². The van der Waals surface area contributed by atoms with Crippen molar-refractivity contribution in [3.05, 3.63) is 54.6 Å². The highest BCUT2D eigenvalue weighted by Gasteiger charge is 2.07. The van der Waals surface area contributed by atoms with Crippen molar-refractivity contribution in [2.75, 3.05) is 0 Å². The van der Waals surface area contributed by atoms with Gasteiger partial charge in [0.2, 0.25) is 0 Å². The molecule has 74 valence electrons. The lowest BCUT2D eigenvalue weighted by molar-refractivity contribution is 0.480. The van der Waals surface area contributed by atoms with Gasteiger partial charge in [-0.3, -0.25) is 0 Å². The summed E-state index contributed by atoms with van der Waals surface area (Å²) in [6.45, 7) is 7.43. The van der Waals surface area contributed by atoms with Gasteiger partial charge in [0, 0.05) is 10.9 Å². The van der Waals surface area contributed by atoms with Crippen LogP contribution in [0.2, 0.25) is 0 Å². The Morgan fingerprint density at radius 3 is 2.47 bits per heavy atom. The van der Waals surface area contributed by atoms with E-state index in [2.05, 4.69) is 13.2 Å².